The van der Waals surface area contributed by atoms with Crippen molar-refractivity contribution in [1.82, 2.24) is 9.80 Å². The second-order valence-electron chi connectivity index (χ2n) is 8.32. The van der Waals surface area contributed by atoms with Crippen LogP contribution in [0.3, 0.4) is 0 Å². The van der Waals surface area contributed by atoms with Crippen LogP contribution in [0.1, 0.15) is 30.9 Å². The summed E-state index contributed by atoms with van der Waals surface area (Å²) in [7, 11) is 0. The molecule has 0 bridgehead atoms. The quantitative estimate of drug-likeness (QED) is 0.681. The summed E-state index contributed by atoms with van der Waals surface area (Å²) in [6.07, 6.45) is 0. The Morgan fingerprint density at radius 3 is 2.06 bits per heavy atom. The highest BCUT2D eigenvalue weighted by Crippen LogP contribution is 2.27. The Kier molecular flexibility index (Phi) is 8.07. The summed E-state index contributed by atoms with van der Waals surface area (Å²) in [5.74, 6) is 0.261. The molecule has 1 fully saturated rings. The molecule has 0 radical (unpaired) electrons. The monoisotopic (exact) mass is 442 g/mol. The number of aryl methyl sites for hydroxylation is 1. The molecule has 1 saturated heterocycles. The minimum absolute atomic E-state index is 0.00103. The molecule has 2 aromatic rings. The third kappa shape index (κ3) is 6.53. The Labute approximate surface area is 189 Å². The van der Waals surface area contributed by atoms with Gasteiger partial charge in [0.05, 0.1) is 23.8 Å². The number of carbonyl (C=O) groups is 2. The Morgan fingerprint density at radius 1 is 0.903 bits per heavy atom. The van der Waals surface area contributed by atoms with Gasteiger partial charge in [-0.2, -0.15) is 0 Å². The maximum Gasteiger partial charge on any atom is 0.238 e. The fourth-order valence-corrected chi connectivity index (χ4v) is 3.97. The van der Waals surface area contributed by atoms with Gasteiger partial charge in [-0.15, -0.1) is 0 Å². The zero-order valence-electron chi connectivity index (χ0n) is 18.5. The molecule has 0 spiro atoms. The van der Waals surface area contributed by atoms with Crippen molar-refractivity contribution in [3.05, 3.63) is 58.6 Å². The molecule has 0 saturated carbocycles. The van der Waals surface area contributed by atoms with Crippen LogP contribution < -0.4 is 10.6 Å². The summed E-state index contributed by atoms with van der Waals surface area (Å²) in [4.78, 5) is 29.2. The smallest absolute Gasteiger partial charge is 0.238 e. The number of piperazine rings is 1. The van der Waals surface area contributed by atoms with E-state index in [1.54, 1.807) is 12.1 Å². The molecular weight excluding hydrogens is 412 g/mol. The largest absolute Gasteiger partial charge is 0.324 e. The average molecular weight is 443 g/mol. The van der Waals surface area contributed by atoms with Gasteiger partial charge in [-0.3, -0.25) is 19.4 Å². The summed E-state index contributed by atoms with van der Waals surface area (Å²) in [6, 6.07) is 13.3. The third-order valence-electron chi connectivity index (χ3n) is 5.54. The highest BCUT2D eigenvalue weighted by atomic mass is 35.5. The lowest BCUT2D eigenvalue weighted by Crippen LogP contribution is -2.50. The van der Waals surface area contributed by atoms with Gasteiger partial charge >= 0.3 is 0 Å². The van der Waals surface area contributed by atoms with Gasteiger partial charge in [-0.05, 0) is 36.1 Å². The lowest BCUT2D eigenvalue weighted by molar-refractivity contribution is -0.120. The first-order chi connectivity index (χ1) is 14.8. The topological polar surface area (TPSA) is 64.7 Å². The van der Waals surface area contributed by atoms with E-state index in [4.69, 9.17) is 11.6 Å². The molecule has 2 N–H and O–H groups in total. The average Bonchev–Trinajstić information content (AvgIpc) is 2.72. The maximum absolute atomic E-state index is 12.7. The summed E-state index contributed by atoms with van der Waals surface area (Å²) >= 11 is 6.10. The molecule has 1 aliphatic heterocycles. The van der Waals surface area contributed by atoms with E-state index in [0.29, 0.717) is 29.7 Å². The van der Waals surface area contributed by atoms with E-state index < -0.39 is 0 Å². The van der Waals surface area contributed by atoms with Gasteiger partial charge in [0.15, 0.2) is 0 Å². The molecule has 31 heavy (non-hydrogen) atoms. The Hall–Kier alpha value is -2.41. The molecule has 0 aliphatic carbocycles. The molecule has 166 valence electrons. The van der Waals surface area contributed by atoms with Crippen LogP contribution in [0.2, 0.25) is 5.02 Å². The van der Waals surface area contributed by atoms with Gasteiger partial charge in [-0.1, -0.05) is 55.8 Å². The number of nitrogens with zero attached hydrogens (tertiary/aromatic N) is 2. The molecular formula is C24H31ClN4O2. The molecule has 0 unspecified atom stereocenters. The van der Waals surface area contributed by atoms with E-state index in [2.05, 4.69) is 40.3 Å². The highest BCUT2D eigenvalue weighted by Gasteiger charge is 2.21. The highest BCUT2D eigenvalue weighted by molar-refractivity contribution is 6.33. The van der Waals surface area contributed by atoms with Crippen molar-refractivity contribution >= 4 is 34.8 Å². The van der Waals surface area contributed by atoms with Crippen LogP contribution in [0.15, 0.2) is 42.5 Å². The molecule has 3 rings (SSSR count). The lowest BCUT2D eigenvalue weighted by atomic mass is 9.98. The molecule has 2 amide bonds. The van der Waals surface area contributed by atoms with Crippen molar-refractivity contribution in [1.29, 1.82) is 0 Å². The minimum Gasteiger partial charge on any atom is -0.324 e. The molecule has 1 heterocycles. The Morgan fingerprint density at radius 2 is 1.48 bits per heavy atom. The summed E-state index contributed by atoms with van der Waals surface area (Å²) in [6.45, 7) is 9.92. The number of amides is 2. The van der Waals surface area contributed by atoms with Gasteiger partial charge in [-0.25, -0.2) is 0 Å². The van der Waals surface area contributed by atoms with Crippen LogP contribution in [0.5, 0.6) is 0 Å². The van der Waals surface area contributed by atoms with Crippen molar-refractivity contribution in [3.8, 4) is 0 Å². The summed E-state index contributed by atoms with van der Waals surface area (Å²) < 4.78 is 0. The number of benzene rings is 2. The van der Waals surface area contributed by atoms with Gasteiger partial charge < -0.3 is 10.6 Å². The zero-order valence-corrected chi connectivity index (χ0v) is 19.2. The number of hydrogen-bond donors (Lipinski definition) is 2. The molecule has 6 nitrogen and oxygen atoms in total. The predicted octanol–water partition coefficient (Wildman–Crippen LogP) is 3.97. The van der Waals surface area contributed by atoms with Gasteiger partial charge in [0.25, 0.3) is 0 Å². The minimum atomic E-state index is -0.0833. The van der Waals surface area contributed by atoms with E-state index in [-0.39, 0.29) is 11.8 Å². The standard InChI is InChI=1S/C24H31ClN4O2/c1-17(2)19-8-6-7-18(3)24(19)27-23(31)16-29-13-11-28(12-14-29)15-22(30)26-21-10-5-4-9-20(21)25/h4-10,17H,11-16H2,1-3H3,(H,26,30)(H,27,31). The normalized spacial score (nSPS) is 15.1. The number of carbonyl (C=O) groups excluding carboxylic acids is 2. The van der Waals surface area contributed by atoms with Gasteiger partial charge in [0.1, 0.15) is 0 Å². The zero-order chi connectivity index (χ0) is 22.4. The van der Waals surface area contributed by atoms with Crippen LogP contribution >= 0.6 is 11.6 Å². The number of rotatable bonds is 7. The van der Waals surface area contributed by atoms with Crippen LogP contribution in [0.25, 0.3) is 0 Å². The second-order valence-corrected chi connectivity index (χ2v) is 8.73. The fraction of sp³-hybridized carbons (Fsp3) is 0.417. The lowest BCUT2D eigenvalue weighted by Gasteiger charge is -2.34. The molecule has 0 atom stereocenters. The van der Waals surface area contributed by atoms with E-state index in [9.17, 15) is 9.59 Å². The van der Waals surface area contributed by atoms with Crippen molar-refractivity contribution < 1.29 is 9.59 Å². The number of hydrogen-bond acceptors (Lipinski definition) is 4. The van der Waals surface area contributed by atoms with Crippen LogP contribution in [-0.2, 0) is 9.59 Å². The molecule has 2 aromatic carbocycles. The van der Waals surface area contributed by atoms with Crippen molar-refractivity contribution in [2.75, 3.05) is 49.9 Å². The van der Waals surface area contributed by atoms with Gasteiger partial charge in [0.2, 0.25) is 11.8 Å². The SMILES string of the molecule is Cc1cccc(C(C)C)c1NC(=O)CN1CCN(CC(=O)Nc2ccccc2Cl)CC1. The van der Waals surface area contributed by atoms with E-state index >= 15 is 0 Å². The number of halogens is 1. The van der Waals surface area contributed by atoms with Crippen LogP contribution in [-0.4, -0.2) is 60.9 Å². The van der Waals surface area contributed by atoms with Gasteiger partial charge in [0, 0.05) is 31.9 Å². The number of para-hydroxylation sites is 2. The third-order valence-corrected chi connectivity index (χ3v) is 5.87. The summed E-state index contributed by atoms with van der Waals surface area (Å²) in [5.41, 5.74) is 3.79. The first-order valence-corrected chi connectivity index (χ1v) is 11.1. The number of nitrogens with one attached hydrogen (secondary N) is 2. The van der Waals surface area contributed by atoms with E-state index in [1.165, 1.54) is 0 Å². The van der Waals surface area contributed by atoms with Crippen molar-refractivity contribution in [3.63, 3.8) is 0 Å². The molecule has 0 aromatic heterocycles. The first kappa shape index (κ1) is 23.3. The Balaban J connectivity index is 1.46. The van der Waals surface area contributed by atoms with Crippen LogP contribution in [0, 0.1) is 6.92 Å². The maximum atomic E-state index is 12.7. The van der Waals surface area contributed by atoms with E-state index in [0.717, 1.165) is 43.0 Å². The van der Waals surface area contributed by atoms with Crippen molar-refractivity contribution in [2.45, 2.75) is 26.7 Å². The summed E-state index contributed by atoms with van der Waals surface area (Å²) in [5, 5.41) is 6.50. The Bertz CT molecular complexity index is 924. The van der Waals surface area contributed by atoms with Crippen molar-refractivity contribution in [2.24, 2.45) is 0 Å². The fourth-order valence-electron chi connectivity index (χ4n) is 3.79. The van der Waals surface area contributed by atoms with Crippen LogP contribution in [0.4, 0.5) is 11.4 Å². The number of anilines is 2. The second kappa shape index (κ2) is 10.8. The van der Waals surface area contributed by atoms with E-state index in [1.807, 2.05) is 31.2 Å². The predicted molar refractivity (Wildman–Crippen MR) is 127 cm³/mol. The molecule has 7 heteroatoms. The molecule has 1 aliphatic rings. The first-order valence-electron chi connectivity index (χ1n) is 10.7.